The van der Waals surface area contributed by atoms with Gasteiger partial charge in [-0.15, -0.1) is 0 Å². The molecule has 0 amide bonds. The molecule has 0 saturated heterocycles. The second kappa shape index (κ2) is 5.70. The monoisotopic (exact) mass is 363 g/mol. The molecule has 0 atom stereocenters. The van der Waals surface area contributed by atoms with Crippen LogP contribution in [-0.2, 0) is 6.54 Å². The summed E-state index contributed by atoms with van der Waals surface area (Å²) in [5.41, 5.74) is 9.52. The molecule has 2 N–H and O–H groups in total. The molecule has 0 bridgehead atoms. The Kier molecular flexibility index (Phi) is 3.91. The van der Waals surface area contributed by atoms with Gasteiger partial charge in [0, 0.05) is 22.3 Å². The summed E-state index contributed by atoms with van der Waals surface area (Å²) in [6.07, 6.45) is 1.01. The van der Waals surface area contributed by atoms with Gasteiger partial charge in [-0.3, -0.25) is 0 Å². The molecule has 3 nitrogen and oxygen atoms in total. The number of aryl methyl sites for hydroxylation is 1. The molecule has 21 heavy (non-hydrogen) atoms. The predicted molar refractivity (Wildman–Crippen MR) is 92.6 cm³/mol. The number of nitrogens with zero attached hydrogens (tertiary/aromatic N) is 2. The number of rotatable bonds is 3. The highest BCUT2D eigenvalue weighted by Gasteiger charge is 2.15. The zero-order chi connectivity index (χ0) is 15.0. The minimum Gasteiger partial charge on any atom is -0.398 e. The molecule has 0 radical (unpaired) electrons. The average molecular weight is 365 g/mol. The summed E-state index contributed by atoms with van der Waals surface area (Å²) in [6, 6.07) is 11.7. The number of hydrogen-bond donors (Lipinski definition) is 1. The van der Waals surface area contributed by atoms with E-state index in [0.29, 0.717) is 0 Å². The van der Waals surface area contributed by atoms with Crippen molar-refractivity contribution in [1.29, 1.82) is 0 Å². The molecule has 0 aliphatic rings. The van der Waals surface area contributed by atoms with Crippen LogP contribution in [-0.4, -0.2) is 9.55 Å². The molecule has 3 rings (SSSR count). The zero-order valence-electron chi connectivity index (χ0n) is 11.6. The summed E-state index contributed by atoms with van der Waals surface area (Å²) >= 11 is 9.84. The fourth-order valence-corrected chi connectivity index (χ4v) is 3.12. The summed E-state index contributed by atoms with van der Waals surface area (Å²) < 4.78 is 3.05. The third-order valence-corrected chi connectivity index (χ3v) is 4.42. The number of hydrogen-bond acceptors (Lipinski definition) is 2. The molecule has 3 aromatic rings. The van der Waals surface area contributed by atoms with Gasteiger partial charge in [0.1, 0.15) is 5.82 Å². The van der Waals surface area contributed by atoms with Gasteiger partial charge in [-0.2, -0.15) is 0 Å². The van der Waals surface area contributed by atoms with Crippen LogP contribution in [0.2, 0.25) is 5.02 Å². The largest absolute Gasteiger partial charge is 0.398 e. The Morgan fingerprint density at radius 1 is 1.29 bits per heavy atom. The van der Waals surface area contributed by atoms with E-state index in [0.717, 1.165) is 50.6 Å². The van der Waals surface area contributed by atoms with Crippen molar-refractivity contribution in [3.63, 3.8) is 0 Å². The topological polar surface area (TPSA) is 43.8 Å². The van der Waals surface area contributed by atoms with E-state index in [1.807, 2.05) is 36.4 Å². The van der Waals surface area contributed by atoms with Crippen molar-refractivity contribution in [2.75, 3.05) is 5.73 Å². The molecule has 0 aliphatic carbocycles. The Hall–Kier alpha value is -1.52. The lowest BCUT2D eigenvalue weighted by Gasteiger charge is -2.09. The first-order valence-electron chi connectivity index (χ1n) is 6.82. The van der Waals surface area contributed by atoms with E-state index >= 15 is 0 Å². The van der Waals surface area contributed by atoms with Gasteiger partial charge in [0.25, 0.3) is 0 Å². The number of fused-ring (bicyclic) bond motifs is 1. The van der Waals surface area contributed by atoms with Crippen molar-refractivity contribution >= 4 is 44.3 Å². The van der Waals surface area contributed by atoms with Crippen LogP contribution in [0.4, 0.5) is 5.69 Å². The summed E-state index contributed by atoms with van der Waals surface area (Å²) in [6.45, 7) is 3.02. The first-order chi connectivity index (χ1) is 10.1. The van der Waals surface area contributed by atoms with Gasteiger partial charge in [0.15, 0.2) is 0 Å². The first-order valence-corrected chi connectivity index (χ1v) is 7.99. The SMILES string of the molecule is CCCn1c(-c2ccc(N)c(Br)c2)nc2cccc(Cl)c21. The second-order valence-electron chi connectivity index (χ2n) is 4.93. The van der Waals surface area contributed by atoms with Gasteiger partial charge in [-0.25, -0.2) is 4.98 Å². The Morgan fingerprint density at radius 3 is 2.81 bits per heavy atom. The van der Waals surface area contributed by atoms with Gasteiger partial charge >= 0.3 is 0 Å². The number of benzene rings is 2. The molecule has 2 aromatic carbocycles. The summed E-state index contributed by atoms with van der Waals surface area (Å²) in [5.74, 6) is 0.917. The van der Waals surface area contributed by atoms with Gasteiger partial charge in [-0.05, 0) is 52.7 Å². The van der Waals surface area contributed by atoms with Crippen LogP contribution in [0.3, 0.4) is 0 Å². The van der Waals surface area contributed by atoms with Crippen LogP contribution in [0.5, 0.6) is 0 Å². The van der Waals surface area contributed by atoms with Gasteiger partial charge in [-0.1, -0.05) is 24.6 Å². The van der Waals surface area contributed by atoms with E-state index in [9.17, 15) is 0 Å². The highest BCUT2D eigenvalue weighted by molar-refractivity contribution is 9.10. The Morgan fingerprint density at radius 2 is 2.10 bits per heavy atom. The lowest BCUT2D eigenvalue weighted by Crippen LogP contribution is -2.00. The smallest absolute Gasteiger partial charge is 0.141 e. The van der Waals surface area contributed by atoms with Crippen LogP contribution in [0.15, 0.2) is 40.9 Å². The maximum atomic E-state index is 6.37. The first kappa shape index (κ1) is 14.4. The molecule has 0 saturated carbocycles. The molecule has 1 aromatic heterocycles. The molecular formula is C16H15BrClN3. The van der Waals surface area contributed by atoms with E-state index in [-0.39, 0.29) is 0 Å². The molecule has 0 spiro atoms. The lowest BCUT2D eigenvalue weighted by atomic mass is 10.2. The van der Waals surface area contributed by atoms with Gasteiger partial charge < -0.3 is 10.3 Å². The van der Waals surface area contributed by atoms with E-state index in [1.54, 1.807) is 0 Å². The molecular weight excluding hydrogens is 350 g/mol. The molecule has 1 heterocycles. The zero-order valence-corrected chi connectivity index (χ0v) is 13.9. The molecule has 0 fully saturated rings. The van der Waals surface area contributed by atoms with Crippen LogP contribution in [0.1, 0.15) is 13.3 Å². The molecule has 108 valence electrons. The number of imidazole rings is 1. The molecule has 0 unspecified atom stereocenters. The molecule has 5 heteroatoms. The quantitative estimate of drug-likeness (QED) is 0.656. The number of aromatic nitrogens is 2. The number of halogens is 2. The number of para-hydroxylation sites is 1. The number of anilines is 1. The van der Waals surface area contributed by atoms with E-state index in [4.69, 9.17) is 22.3 Å². The average Bonchev–Trinajstić information content (AvgIpc) is 2.83. The van der Waals surface area contributed by atoms with Crippen molar-refractivity contribution < 1.29 is 0 Å². The van der Waals surface area contributed by atoms with Crippen LogP contribution >= 0.6 is 27.5 Å². The van der Waals surface area contributed by atoms with Crippen LogP contribution < -0.4 is 5.73 Å². The maximum Gasteiger partial charge on any atom is 0.141 e. The summed E-state index contributed by atoms with van der Waals surface area (Å²) in [4.78, 5) is 4.75. The van der Waals surface area contributed by atoms with Crippen LogP contribution in [0, 0.1) is 0 Å². The summed E-state index contributed by atoms with van der Waals surface area (Å²) in [7, 11) is 0. The minimum absolute atomic E-state index is 0.718. The number of nitrogen functional groups attached to an aromatic ring is 1. The number of nitrogens with two attached hydrogens (primary N) is 1. The third-order valence-electron chi connectivity index (χ3n) is 3.42. The Balaban J connectivity index is 2.28. The minimum atomic E-state index is 0.718. The van der Waals surface area contributed by atoms with Crippen molar-refractivity contribution in [3.8, 4) is 11.4 Å². The van der Waals surface area contributed by atoms with Gasteiger partial charge in [0.05, 0.1) is 16.1 Å². The van der Waals surface area contributed by atoms with Crippen molar-refractivity contribution in [2.24, 2.45) is 0 Å². The highest BCUT2D eigenvalue weighted by atomic mass is 79.9. The van der Waals surface area contributed by atoms with E-state index < -0.39 is 0 Å². The summed E-state index contributed by atoms with van der Waals surface area (Å²) in [5, 5.41) is 0.731. The van der Waals surface area contributed by atoms with Crippen LogP contribution in [0.25, 0.3) is 22.4 Å². The highest BCUT2D eigenvalue weighted by Crippen LogP contribution is 2.32. The Bertz CT molecular complexity index is 811. The standard InChI is InChI=1S/C16H15BrClN3/c1-2-8-21-15-12(18)4-3-5-14(15)20-16(21)10-6-7-13(19)11(17)9-10/h3-7,9H,2,8,19H2,1H3. The lowest BCUT2D eigenvalue weighted by molar-refractivity contribution is 0.704. The molecule has 0 aliphatic heterocycles. The van der Waals surface area contributed by atoms with Crippen molar-refractivity contribution in [3.05, 3.63) is 45.9 Å². The normalized spacial score (nSPS) is 11.2. The fraction of sp³-hybridized carbons (Fsp3) is 0.188. The predicted octanol–water partition coefficient (Wildman–Crippen LogP) is 5.11. The third kappa shape index (κ3) is 2.54. The van der Waals surface area contributed by atoms with E-state index in [2.05, 4.69) is 27.4 Å². The second-order valence-corrected chi connectivity index (χ2v) is 6.19. The van der Waals surface area contributed by atoms with E-state index in [1.165, 1.54) is 0 Å². The Labute approximate surface area is 136 Å². The maximum absolute atomic E-state index is 6.37. The van der Waals surface area contributed by atoms with Crippen molar-refractivity contribution in [1.82, 2.24) is 9.55 Å². The van der Waals surface area contributed by atoms with Crippen molar-refractivity contribution in [2.45, 2.75) is 19.9 Å². The van der Waals surface area contributed by atoms with Gasteiger partial charge in [0.2, 0.25) is 0 Å². The fourth-order valence-electron chi connectivity index (χ4n) is 2.47.